The van der Waals surface area contributed by atoms with Crippen LogP contribution < -0.4 is 5.48 Å². The summed E-state index contributed by atoms with van der Waals surface area (Å²) in [6, 6.07) is 0. The smallest absolute Gasteiger partial charge is 0.0654 e. The number of hydrogen-bond acceptors (Lipinski definition) is 2. The molecule has 0 aliphatic heterocycles. The van der Waals surface area contributed by atoms with Crippen molar-refractivity contribution in [3.63, 3.8) is 0 Å². The molecule has 0 bridgehead atoms. The second kappa shape index (κ2) is 5.22. The second-order valence-corrected chi connectivity index (χ2v) is 1.56. The Balaban J connectivity index is 3.38. The Hall–Kier alpha value is 0.0800. The first-order valence-electron chi connectivity index (χ1n) is 1.99. The van der Waals surface area contributed by atoms with E-state index in [1.807, 2.05) is 0 Å². The molecule has 0 aliphatic carbocycles. The van der Waals surface area contributed by atoms with Crippen molar-refractivity contribution < 1.29 is 4.84 Å². The van der Waals surface area contributed by atoms with E-state index in [1.165, 1.54) is 12.6 Å². The van der Waals surface area contributed by atoms with Gasteiger partial charge in [0.15, 0.2) is 0 Å². The van der Waals surface area contributed by atoms with E-state index in [-0.39, 0.29) is 0 Å². The van der Waals surface area contributed by atoms with Crippen LogP contribution in [0.2, 0.25) is 0 Å². The average molecular weight is 156 g/mol. The number of rotatable bonds is 3. The zero-order valence-electron chi connectivity index (χ0n) is 4.45. The van der Waals surface area contributed by atoms with E-state index in [0.29, 0.717) is 11.6 Å². The van der Waals surface area contributed by atoms with Crippen molar-refractivity contribution in [2.24, 2.45) is 0 Å². The molecule has 1 N–H and O–H groups in total. The summed E-state index contributed by atoms with van der Waals surface area (Å²) in [5, 5.41) is 0. The highest BCUT2D eigenvalue weighted by Crippen LogP contribution is 1.93. The zero-order chi connectivity index (χ0) is 6.41. The lowest BCUT2D eigenvalue weighted by Crippen LogP contribution is -2.11. The fourth-order valence-electron chi connectivity index (χ4n) is 0.210. The molecule has 0 atom stereocenters. The summed E-state index contributed by atoms with van der Waals surface area (Å²) in [5.41, 5.74) is 4.46. The van der Waals surface area contributed by atoms with Crippen LogP contribution in [0.3, 0.4) is 0 Å². The SMILES string of the molecule is CONC(=CCl)CCl. The van der Waals surface area contributed by atoms with Crippen molar-refractivity contribution in [2.75, 3.05) is 13.0 Å². The Morgan fingerprint density at radius 1 is 1.88 bits per heavy atom. The molecule has 0 spiro atoms. The molecule has 0 fully saturated rings. The molecule has 0 radical (unpaired) electrons. The number of hydrogen-bond donors (Lipinski definition) is 1. The molecule has 0 saturated heterocycles. The molecule has 0 rings (SSSR count). The highest BCUT2D eigenvalue weighted by molar-refractivity contribution is 6.27. The predicted octanol–water partition coefficient (Wildman–Crippen LogP) is 1.46. The lowest BCUT2D eigenvalue weighted by atomic mass is 10.6. The Kier molecular flexibility index (Phi) is 5.27. The zero-order valence-corrected chi connectivity index (χ0v) is 5.96. The van der Waals surface area contributed by atoms with Crippen LogP contribution in [0, 0.1) is 0 Å². The standard InChI is InChI=1S/C4H7Cl2NO/c1-8-7-4(2-5)3-6/h2,7H,3H2,1H3. The first kappa shape index (κ1) is 8.08. The van der Waals surface area contributed by atoms with Crippen LogP contribution in [0.25, 0.3) is 0 Å². The normalized spacial score (nSPS) is 11.6. The quantitative estimate of drug-likeness (QED) is 0.493. The molecular weight excluding hydrogens is 149 g/mol. The minimum Gasteiger partial charge on any atom is -0.280 e. The van der Waals surface area contributed by atoms with Crippen LogP contribution in [0.5, 0.6) is 0 Å². The van der Waals surface area contributed by atoms with E-state index in [1.54, 1.807) is 0 Å². The third kappa shape index (κ3) is 3.13. The number of allylic oxidation sites excluding steroid dienone is 1. The molecule has 48 valence electrons. The van der Waals surface area contributed by atoms with E-state index >= 15 is 0 Å². The second-order valence-electron chi connectivity index (χ2n) is 1.07. The van der Waals surface area contributed by atoms with Gasteiger partial charge in [-0.05, 0) is 0 Å². The van der Waals surface area contributed by atoms with Crippen LogP contribution >= 0.6 is 23.2 Å². The largest absolute Gasteiger partial charge is 0.280 e. The van der Waals surface area contributed by atoms with Crippen molar-refractivity contribution in [3.8, 4) is 0 Å². The molecule has 0 aromatic carbocycles. The highest BCUT2D eigenvalue weighted by atomic mass is 35.5. The number of halogens is 2. The lowest BCUT2D eigenvalue weighted by molar-refractivity contribution is 0.118. The van der Waals surface area contributed by atoms with Gasteiger partial charge in [-0.15, -0.1) is 11.6 Å². The minimum absolute atomic E-state index is 0.331. The minimum atomic E-state index is 0.331. The van der Waals surface area contributed by atoms with E-state index in [0.717, 1.165) is 0 Å². The first-order valence-corrected chi connectivity index (χ1v) is 2.96. The van der Waals surface area contributed by atoms with Gasteiger partial charge in [0.1, 0.15) is 0 Å². The van der Waals surface area contributed by atoms with E-state index in [4.69, 9.17) is 23.2 Å². The van der Waals surface area contributed by atoms with Gasteiger partial charge in [-0.25, -0.2) is 0 Å². The molecule has 0 aromatic heterocycles. The van der Waals surface area contributed by atoms with Crippen LogP contribution in [0.4, 0.5) is 0 Å². The van der Waals surface area contributed by atoms with Crippen LogP contribution in [-0.4, -0.2) is 13.0 Å². The van der Waals surface area contributed by atoms with Crippen LogP contribution in [0.1, 0.15) is 0 Å². The third-order valence-corrected chi connectivity index (χ3v) is 1.06. The fourth-order valence-corrected chi connectivity index (χ4v) is 0.542. The molecule has 4 heteroatoms. The Morgan fingerprint density at radius 3 is 2.62 bits per heavy atom. The molecule has 0 aromatic rings. The molecule has 0 heterocycles. The van der Waals surface area contributed by atoms with Gasteiger partial charge in [-0.2, -0.15) is 0 Å². The monoisotopic (exact) mass is 155 g/mol. The maximum absolute atomic E-state index is 5.35. The maximum Gasteiger partial charge on any atom is 0.0654 e. The average Bonchev–Trinajstić information content (AvgIpc) is 1.83. The van der Waals surface area contributed by atoms with Gasteiger partial charge >= 0.3 is 0 Å². The summed E-state index contributed by atoms with van der Waals surface area (Å²) in [6.45, 7) is 0. The summed E-state index contributed by atoms with van der Waals surface area (Å²) < 4.78 is 0. The molecule has 0 aliphatic rings. The van der Waals surface area contributed by atoms with Gasteiger partial charge in [0.2, 0.25) is 0 Å². The topological polar surface area (TPSA) is 21.3 Å². The van der Waals surface area contributed by atoms with E-state index in [9.17, 15) is 0 Å². The van der Waals surface area contributed by atoms with Crippen molar-refractivity contribution in [1.82, 2.24) is 5.48 Å². The molecule has 8 heavy (non-hydrogen) atoms. The van der Waals surface area contributed by atoms with Gasteiger partial charge in [0.25, 0.3) is 0 Å². The van der Waals surface area contributed by atoms with Crippen molar-refractivity contribution in [3.05, 3.63) is 11.2 Å². The fraction of sp³-hybridized carbons (Fsp3) is 0.500. The van der Waals surface area contributed by atoms with Gasteiger partial charge in [-0.3, -0.25) is 10.3 Å². The molecule has 2 nitrogen and oxygen atoms in total. The summed E-state index contributed by atoms with van der Waals surface area (Å²) >= 11 is 10.6. The molecule has 0 saturated carbocycles. The maximum atomic E-state index is 5.35. The van der Waals surface area contributed by atoms with Crippen molar-refractivity contribution in [1.29, 1.82) is 0 Å². The number of nitrogens with one attached hydrogen (secondary N) is 1. The van der Waals surface area contributed by atoms with Crippen LogP contribution in [-0.2, 0) is 4.84 Å². The molecule has 0 unspecified atom stereocenters. The van der Waals surface area contributed by atoms with Gasteiger partial charge in [-0.1, -0.05) is 11.6 Å². The highest BCUT2D eigenvalue weighted by Gasteiger charge is 1.87. The summed E-state index contributed by atoms with van der Waals surface area (Å²) in [7, 11) is 1.49. The summed E-state index contributed by atoms with van der Waals surface area (Å²) in [5.74, 6) is 0.331. The van der Waals surface area contributed by atoms with Crippen LogP contribution in [0.15, 0.2) is 11.2 Å². The van der Waals surface area contributed by atoms with Gasteiger partial charge < -0.3 is 0 Å². The van der Waals surface area contributed by atoms with Crippen molar-refractivity contribution >= 4 is 23.2 Å². The first-order chi connectivity index (χ1) is 3.85. The Labute approximate surface area is 58.4 Å². The van der Waals surface area contributed by atoms with Gasteiger partial charge in [0, 0.05) is 5.54 Å². The Morgan fingerprint density at radius 2 is 2.50 bits per heavy atom. The number of hydroxylamine groups is 1. The van der Waals surface area contributed by atoms with E-state index < -0.39 is 0 Å². The van der Waals surface area contributed by atoms with Gasteiger partial charge in [0.05, 0.1) is 18.7 Å². The Bertz CT molecular complexity index is 84.1. The third-order valence-electron chi connectivity index (χ3n) is 0.509. The van der Waals surface area contributed by atoms with Crippen molar-refractivity contribution in [2.45, 2.75) is 0 Å². The summed E-state index contributed by atoms with van der Waals surface area (Å²) in [6.07, 6.45) is 0. The number of alkyl halides is 1. The molecular formula is C4H7Cl2NO. The van der Waals surface area contributed by atoms with E-state index in [2.05, 4.69) is 10.3 Å². The lowest BCUT2D eigenvalue weighted by Gasteiger charge is -2.00. The summed E-state index contributed by atoms with van der Waals surface area (Å²) in [4.78, 5) is 4.50. The molecule has 0 amide bonds. The predicted molar refractivity (Wildman–Crippen MR) is 34.8 cm³/mol.